The monoisotopic (exact) mass is 360 g/mol. The maximum Gasteiger partial charge on any atom is 0.185 e. The maximum absolute atomic E-state index is 12.2. The van der Waals surface area contributed by atoms with E-state index in [-0.39, 0.29) is 5.78 Å². The Morgan fingerprint density at radius 2 is 2.24 bits per heavy atom. The second kappa shape index (κ2) is 6.11. The van der Waals surface area contributed by atoms with Crippen LogP contribution in [0.3, 0.4) is 0 Å². The summed E-state index contributed by atoms with van der Waals surface area (Å²) in [7, 11) is 0. The van der Waals surface area contributed by atoms with Crippen LogP contribution in [0.2, 0.25) is 0 Å². The first-order valence-corrected chi connectivity index (χ1v) is 7.69. The molecule has 3 rings (SSSR count). The van der Waals surface area contributed by atoms with Gasteiger partial charge in [0.2, 0.25) is 0 Å². The van der Waals surface area contributed by atoms with Crippen molar-refractivity contribution in [2.45, 2.75) is 0 Å². The van der Waals surface area contributed by atoms with Crippen molar-refractivity contribution >= 4 is 39.1 Å². The largest absolute Gasteiger partial charge is 0.289 e. The number of hydrogen-bond acceptors (Lipinski definition) is 5. The second-order valence-electron chi connectivity index (χ2n) is 4.17. The Morgan fingerprint density at radius 1 is 1.33 bits per heavy atom. The lowest BCUT2D eigenvalue weighted by molar-refractivity contribution is 0.104. The molecule has 1 aromatic carbocycles. The van der Waals surface area contributed by atoms with Gasteiger partial charge in [-0.15, -0.1) is 16.4 Å². The highest BCUT2D eigenvalue weighted by Crippen LogP contribution is 2.21. The number of halogens is 1. The quantitative estimate of drug-likeness (QED) is 0.528. The van der Waals surface area contributed by atoms with E-state index in [2.05, 4.69) is 31.5 Å². The summed E-state index contributed by atoms with van der Waals surface area (Å²) in [5, 5.41) is 12.9. The molecule has 0 radical (unpaired) electrons. The molecule has 5 nitrogen and oxygen atoms in total. The number of allylic oxidation sites excluding steroid dienone is 1. The van der Waals surface area contributed by atoms with Crippen LogP contribution in [0.15, 0.2) is 52.6 Å². The smallest absolute Gasteiger partial charge is 0.185 e. The molecule has 0 spiro atoms. The molecule has 0 fully saturated rings. The van der Waals surface area contributed by atoms with Gasteiger partial charge in [-0.2, -0.15) is 0 Å². The number of tetrazole rings is 1. The lowest BCUT2D eigenvalue weighted by Gasteiger charge is -2.01. The van der Waals surface area contributed by atoms with Gasteiger partial charge in [-0.05, 0) is 56.7 Å². The van der Waals surface area contributed by atoms with Crippen LogP contribution in [0.4, 0.5) is 0 Å². The molecule has 0 atom stereocenters. The van der Waals surface area contributed by atoms with E-state index in [1.165, 1.54) is 11.0 Å². The molecular weight excluding hydrogens is 352 g/mol. The Morgan fingerprint density at radius 3 is 2.95 bits per heavy atom. The number of ketones is 1. The number of benzene rings is 1. The van der Waals surface area contributed by atoms with Crippen molar-refractivity contribution in [2.75, 3.05) is 0 Å². The predicted octanol–water partition coefficient (Wildman–Crippen LogP) is 3.38. The molecule has 0 bridgehead atoms. The Balaban J connectivity index is 1.82. The van der Waals surface area contributed by atoms with Gasteiger partial charge in [-0.1, -0.05) is 12.1 Å². The zero-order valence-electron chi connectivity index (χ0n) is 10.7. The van der Waals surface area contributed by atoms with Crippen LogP contribution in [0.5, 0.6) is 0 Å². The number of carbonyl (C=O) groups is 1. The Bertz CT molecular complexity index is 795. The average Bonchev–Trinajstić information content (AvgIpc) is 3.16. The predicted molar refractivity (Wildman–Crippen MR) is 84.5 cm³/mol. The maximum atomic E-state index is 12.2. The van der Waals surface area contributed by atoms with E-state index in [4.69, 9.17) is 0 Å². The highest BCUT2D eigenvalue weighted by atomic mass is 79.9. The molecule has 0 unspecified atom stereocenters. The zero-order chi connectivity index (χ0) is 14.7. The Hall–Kier alpha value is -2.12. The lowest BCUT2D eigenvalue weighted by Crippen LogP contribution is -1.99. The van der Waals surface area contributed by atoms with Gasteiger partial charge in [0, 0.05) is 20.3 Å². The van der Waals surface area contributed by atoms with Crippen LogP contribution in [-0.4, -0.2) is 26.0 Å². The molecule has 21 heavy (non-hydrogen) atoms. The SMILES string of the molecule is O=C(/C=C/c1cc(Br)cs1)c1cccc(-n2cnnn2)c1. The molecule has 7 heteroatoms. The van der Waals surface area contributed by atoms with Crippen LogP contribution in [0, 0.1) is 0 Å². The first kappa shape index (κ1) is 13.8. The van der Waals surface area contributed by atoms with Gasteiger partial charge in [-0.3, -0.25) is 4.79 Å². The summed E-state index contributed by atoms with van der Waals surface area (Å²) in [5.74, 6) is -0.0607. The van der Waals surface area contributed by atoms with Gasteiger partial charge in [0.1, 0.15) is 6.33 Å². The van der Waals surface area contributed by atoms with Crippen molar-refractivity contribution in [3.63, 3.8) is 0 Å². The topological polar surface area (TPSA) is 60.7 Å². The highest BCUT2D eigenvalue weighted by molar-refractivity contribution is 9.10. The molecule has 0 saturated heterocycles. The number of carbonyl (C=O) groups excluding carboxylic acids is 1. The van der Waals surface area contributed by atoms with Crippen LogP contribution in [0.1, 0.15) is 15.2 Å². The standard InChI is InChI=1S/C14H9BrN4OS/c15-11-7-13(21-8-11)4-5-14(20)10-2-1-3-12(6-10)19-9-16-17-18-19/h1-9H/b5-4+. The molecule has 0 N–H and O–H groups in total. The van der Waals surface area contributed by atoms with E-state index >= 15 is 0 Å². The normalized spacial score (nSPS) is 11.1. The Labute approximate surface area is 133 Å². The van der Waals surface area contributed by atoms with Gasteiger partial charge in [0.05, 0.1) is 5.69 Å². The van der Waals surface area contributed by atoms with Crippen LogP contribution < -0.4 is 0 Å². The van der Waals surface area contributed by atoms with Crippen molar-refractivity contribution < 1.29 is 4.79 Å². The van der Waals surface area contributed by atoms with Gasteiger partial charge in [-0.25, -0.2) is 4.68 Å². The minimum atomic E-state index is -0.0607. The van der Waals surface area contributed by atoms with E-state index in [0.29, 0.717) is 5.56 Å². The lowest BCUT2D eigenvalue weighted by atomic mass is 10.1. The molecule has 0 saturated carbocycles. The summed E-state index contributed by atoms with van der Waals surface area (Å²) in [5.41, 5.74) is 1.34. The van der Waals surface area contributed by atoms with Crippen molar-refractivity contribution in [3.05, 3.63) is 63.0 Å². The fourth-order valence-corrected chi connectivity index (χ4v) is 3.09. The highest BCUT2D eigenvalue weighted by Gasteiger charge is 2.05. The molecule has 3 aromatic rings. The fourth-order valence-electron chi connectivity index (χ4n) is 1.75. The molecule has 104 valence electrons. The number of nitrogens with zero attached hydrogens (tertiary/aromatic N) is 4. The minimum Gasteiger partial charge on any atom is -0.289 e. The third-order valence-corrected chi connectivity index (χ3v) is 4.39. The fraction of sp³-hybridized carbons (Fsp3) is 0. The third-order valence-electron chi connectivity index (χ3n) is 2.73. The van der Waals surface area contributed by atoms with E-state index < -0.39 is 0 Å². The van der Waals surface area contributed by atoms with Gasteiger partial charge in [0.25, 0.3) is 0 Å². The first-order valence-electron chi connectivity index (χ1n) is 6.02. The molecule has 2 heterocycles. The van der Waals surface area contributed by atoms with Gasteiger partial charge < -0.3 is 0 Å². The van der Waals surface area contributed by atoms with Crippen LogP contribution in [0.25, 0.3) is 11.8 Å². The summed E-state index contributed by atoms with van der Waals surface area (Å²) >= 11 is 4.96. The summed E-state index contributed by atoms with van der Waals surface area (Å²) in [6, 6.07) is 9.14. The number of hydrogen-bond donors (Lipinski definition) is 0. The van der Waals surface area contributed by atoms with E-state index in [0.717, 1.165) is 15.0 Å². The number of aromatic nitrogens is 4. The molecule has 2 aromatic heterocycles. The molecule has 0 aliphatic heterocycles. The van der Waals surface area contributed by atoms with Gasteiger partial charge in [0.15, 0.2) is 5.78 Å². The van der Waals surface area contributed by atoms with E-state index in [1.807, 2.05) is 17.5 Å². The molecule has 0 aliphatic rings. The average molecular weight is 361 g/mol. The summed E-state index contributed by atoms with van der Waals surface area (Å²) in [6.07, 6.45) is 4.86. The molecular formula is C14H9BrN4OS. The van der Waals surface area contributed by atoms with E-state index in [1.54, 1.807) is 41.7 Å². The Kier molecular flexibility index (Phi) is 4.03. The second-order valence-corrected chi connectivity index (χ2v) is 6.03. The summed E-state index contributed by atoms with van der Waals surface area (Å²) < 4.78 is 2.52. The van der Waals surface area contributed by atoms with Crippen molar-refractivity contribution in [1.82, 2.24) is 20.2 Å². The van der Waals surface area contributed by atoms with Crippen molar-refractivity contribution in [2.24, 2.45) is 0 Å². The van der Waals surface area contributed by atoms with Crippen molar-refractivity contribution in [1.29, 1.82) is 0 Å². The van der Waals surface area contributed by atoms with Crippen LogP contribution in [-0.2, 0) is 0 Å². The number of thiophene rings is 1. The third kappa shape index (κ3) is 3.32. The molecule has 0 aliphatic carbocycles. The molecule has 0 amide bonds. The zero-order valence-corrected chi connectivity index (χ0v) is 13.1. The minimum absolute atomic E-state index is 0.0607. The van der Waals surface area contributed by atoms with Crippen molar-refractivity contribution in [3.8, 4) is 5.69 Å². The first-order chi connectivity index (χ1) is 10.2. The summed E-state index contributed by atoms with van der Waals surface area (Å²) in [6.45, 7) is 0. The van der Waals surface area contributed by atoms with Gasteiger partial charge >= 0.3 is 0 Å². The van der Waals surface area contributed by atoms with Crippen LogP contribution >= 0.6 is 27.3 Å². The number of rotatable bonds is 4. The summed E-state index contributed by atoms with van der Waals surface area (Å²) in [4.78, 5) is 13.2. The van der Waals surface area contributed by atoms with E-state index in [9.17, 15) is 4.79 Å².